The number of aromatic nitrogens is 3. The number of piperidine rings is 1. The number of likely N-dealkylation sites (tertiary alicyclic amines) is 1. The van der Waals surface area contributed by atoms with Gasteiger partial charge in [0.15, 0.2) is 17.4 Å². The molecule has 2 aliphatic rings. The molecular weight excluding hydrogens is 570 g/mol. The number of aromatic carboxylic acids is 1. The molecule has 0 bridgehead atoms. The molecule has 1 N–H and O–H groups in total. The fraction of sp³-hybridized carbons (Fsp3) is 0.367. The number of carboxylic acids is 1. The fourth-order valence-electron chi connectivity index (χ4n) is 5.24. The van der Waals surface area contributed by atoms with Gasteiger partial charge >= 0.3 is 5.97 Å². The Labute approximate surface area is 245 Å². The Balaban J connectivity index is 1.08. The molecular formula is C30H29ClF2N4O5. The van der Waals surface area contributed by atoms with Crippen LogP contribution in [0.25, 0.3) is 11.0 Å². The zero-order valence-electron chi connectivity index (χ0n) is 22.6. The normalized spacial score (nSPS) is 17.7. The van der Waals surface area contributed by atoms with Crippen molar-refractivity contribution >= 4 is 28.6 Å². The number of imidazole rings is 1. The van der Waals surface area contributed by atoms with Gasteiger partial charge in [0.25, 0.3) is 0 Å². The predicted octanol–water partition coefficient (Wildman–Crippen LogP) is 5.47. The van der Waals surface area contributed by atoms with Gasteiger partial charge in [-0.1, -0.05) is 11.6 Å². The number of ether oxygens (including phenoxy) is 3. The second-order valence-corrected chi connectivity index (χ2v) is 10.9. The largest absolute Gasteiger partial charge is 0.490 e. The first-order valence-electron chi connectivity index (χ1n) is 13.8. The molecule has 1 unspecified atom stereocenters. The molecule has 2 fully saturated rings. The molecule has 2 saturated heterocycles. The zero-order valence-corrected chi connectivity index (χ0v) is 23.4. The molecule has 4 heterocycles. The maximum absolute atomic E-state index is 14.8. The molecule has 4 aromatic rings. The number of hydrogen-bond acceptors (Lipinski definition) is 7. The first-order chi connectivity index (χ1) is 20.3. The van der Waals surface area contributed by atoms with Gasteiger partial charge in [-0.15, -0.1) is 0 Å². The van der Waals surface area contributed by atoms with E-state index in [1.165, 1.54) is 18.2 Å². The molecule has 12 heteroatoms. The van der Waals surface area contributed by atoms with Crippen molar-refractivity contribution in [3.63, 3.8) is 0 Å². The standard InChI is InChI=1S/C30H29ClF2N4O5/c31-19-1-2-27(24(32)13-19)41-17-20-14-22(3-7-34-20)42-21-4-8-36(9-5-21)16-28-35-29-25(33)11-18(30(38)39)12-26(29)37(28)15-23-6-10-40-23/h1-3,7,11-14,21,23H,4-6,8-10,15-17H2,(H,38,39). The van der Waals surface area contributed by atoms with Gasteiger partial charge in [-0.05, 0) is 55.7 Å². The molecule has 6 rings (SSSR count). The topological polar surface area (TPSA) is 98.9 Å². The molecule has 0 radical (unpaired) electrons. The van der Waals surface area contributed by atoms with E-state index >= 15 is 0 Å². The van der Waals surface area contributed by atoms with Crippen LogP contribution < -0.4 is 9.47 Å². The summed E-state index contributed by atoms with van der Waals surface area (Å²) in [6, 6.07) is 10.3. The Morgan fingerprint density at radius 1 is 1.10 bits per heavy atom. The summed E-state index contributed by atoms with van der Waals surface area (Å²) < 4.78 is 48.1. The summed E-state index contributed by atoms with van der Waals surface area (Å²) in [6.45, 7) is 3.24. The fourth-order valence-corrected chi connectivity index (χ4v) is 5.40. The van der Waals surface area contributed by atoms with E-state index in [4.69, 9.17) is 25.8 Å². The molecule has 0 saturated carbocycles. The Morgan fingerprint density at radius 2 is 1.90 bits per heavy atom. The third-order valence-electron chi connectivity index (χ3n) is 7.57. The smallest absolute Gasteiger partial charge is 0.335 e. The van der Waals surface area contributed by atoms with Gasteiger partial charge in [0, 0.05) is 37.0 Å². The lowest BCUT2D eigenvalue weighted by Crippen LogP contribution is -2.39. The summed E-state index contributed by atoms with van der Waals surface area (Å²) >= 11 is 5.80. The average molecular weight is 599 g/mol. The van der Waals surface area contributed by atoms with E-state index in [0.29, 0.717) is 47.5 Å². The lowest BCUT2D eigenvalue weighted by Gasteiger charge is -2.32. The molecule has 220 valence electrons. The summed E-state index contributed by atoms with van der Waals surface area (Å²) in [5.74, 6) is -0.936. The van der Waals surface area contributed by atoms with Crippen LogP contribution in [0, 0.1) is 11.6 Å². The highest BCUT2D eigenvalue weighted by atomic mass is 35.5. The van der Waals surface area contributed by atoms with Crippen LogP contribution in [0.5, 0.6) is 11.5 Å². The first-order valence-corrected chi connectivity index (χ1v) is 14.2. The van der Waals surface area contributed by atoms with Crippen LogP contribution in [-0.2, 0) is 24.4 Å². The van der Waals surface area contributed by atoms with E-state index in [9.17, 15) is 18.7 Å². The monoisotopic (exact) mass is 598 g/mol. The highest BCUT2D eigenvalue weighted by Crippen LogP contribution is 2.27. The molecule has 0 aliphatic carbocycles. The van der Waals surface area contributed by atoms with Gasteiger partial charge in [-0.3, -0.25) is 9.88 Å². The van der Waals surface area contributed by atoms with Gasteiger partial charge in [-0.25, -0.2) is 18.6 Å². The van der Waals surface area contributed by atoms with Gasteiger partial charge in [0.05, 0.1) is 36.0 Å². The Bertz CT molecular complexity index is 1600. The van der Waals surface area contributed by atoms with Crippen LogP contribution in [-0.4, -0.2) is 62.4 Å². The number of pyridine rings is 1. The zero-order chi connectivity index (χ0) is 29.2. The quantitative estimate of drug-likeness (QED) is 0.257. The van der Waals surface area contributed by atoms with E-state index in [0.717, 1.165) is 38.4 Å². The van der Waals surface area contributed by atoms with Crippen LogP contribution in [0.3, 0.4) is 0 Å². The number of carbonyl (C=O) groups is 1. The minimum Gasteiger partial charge on any atom is -0.490 e. The van der Waals surface area contributed by atoms with Crippen molar-refractivity contribution in [1.82, 2.24) is 19.4 Å². The van der Waals surface area contributed by atoms with Crippen molar-refractivity contribution < 1.29 is 32.9 Å². The Kier molecular flexibility index (Phi) is 8.23. The van der Waals surface area contributed by atoms with Gasteiger partial charge in [-0.2, -0.15) is 0 Å². The van der Waals surface area contributed by atoms with Crippen molar-refractivity contribution in [2.75, 3.05) is 19.7 Å². The second kappa shape index (κ2) is 12.2. The van der Waals surface area contributed by atoms with Crippen molar-refractivity contribution in [3.05, 3.63) is 82.4 Å². The van der Waals surface area contributed by atoms with Crippen LogP contribution >= 0.6 is 11.6 Å². The number of nitrogens with zero attached hydrogens (tertiary/aromatic N) is 4. The molecule has 0 spiro atoms. The number of carboxylic acid groups (broad SMARTS) is 1. The highest BCUT2D eigenvalue weighted by molar-refractivity contribution is 6.30. The lowest BCUT2D eigenvalue weighted by molar-refractivity contribution is -0.0592. The van der Waals surface area contributed by atoms with E-state index in [-0.39, 0.29) is 35.6 Å². The lowest BCUT2D eigenvalue weighted by atomic mass is 10.1. The van der Waals surface area contributed by atoms with Crippen LogP contribution in [0.4, 0.5) is 8.78 Å². The van der Waals surface area contributed by atoms with E-state index in [1.54, 1.807) is 24.4 Å². The van der Waals surface area contributed by atoms with E-state index in [1.807, 2.05) is 4.57 Å². The SMILES string of the molecule is O=C(O)c1cc(F)c2nc(CN3CCC(Oc4ccnc(COc5ccc(Cl)cc5F)c4)CC3)n(CC3CCO3)c2c1. The average Bonchev–Trinajstić information content (AvgIpc) is 3.28. The Morgan fingerprint density at radius 3 is 2.62 bits per heavy atom. The molecule has 0 amide bonds. The molecule has 1 atom stereocenters. The molecule has 2 aliphatic heterocycles. The minimum atomic E-state index is -1.18. The van der Waals surface area contributed by atoms with Crippen molar-refractivity contribution in [3.8, 4) is 11.5 Å². The molecule has 2 aromatic carbocycles. The van der Waals surface area contributed by atoms with E-state index in [2.05, 4.69) is 14.9 Å². The maximum Gasteiger partial charge on any atom is 0.335 e. The third-order valence-corrected chi connectivity index (χ3v) is 7.81. The number of fused-ring (bicyclic) bond motifs is 1. The van der Waals surface area contributed by atoms with E-state index < -0.39 is 17.6 Å². The minimum absolute atomic E-state index is 0.00213. The van der Waals surface area contributed by atoms with Crippen LogP contribution in [0.1, 0.15) is 41.1 Å². The summed E-state index contributed by atoms with van der Waals surface area (Å²) in [5.41, 5.74) is 1.13. The Hall–Kier alpha value is -3.80. The van der Waals surface area contributed by atoms with Gasteiger partial charge in [0.1, 0.15) is 29.8 Å². The van der Waals surface area contributed by atoms with Gasteiger partial charge < -0.3 is 23.9 Å². The summed E-state index contributed by atoms with van der Waals surface area (Å²) in [4.78, 5) is 22.7. The number of halogens is 3. The summed E-state index contributed by atoms with van der Waals surface area (Å²) in [6.07, 6.45) is 4.05. The van der Waals surface area contributed by atoms with Crippen LogP contribution in [0.15, 0.2) is 48.7 Å². The highest BCUT2D eigenvalue weighted by Gasteiger charge is 2.27. The molecule has 42 heavy (non-hydrogen) atoms. The van der Waals surface area contributed by atoms with Gasteiger partial charge in [0.2, 0.25) is 0 Å². The van der Waals surface area contributed by atoms with Crippen molar-refractivity contribution in [1.29, 1.82) is 0 Å². The summed E-state index contributed by atoms with van der Waals surface area (Å²) in [5, 5.41) is 9.73. The summed E-state index contributed by atoms with van der Waals surface area (Å²) in [7, 11) is 0. The number of rotatable bonds is 10. The maximum atomic E-state index is 14.8. The molecule has 9 nitrogen and oxygen atoms in total. The first kappa shape index (κ1) is 28.3. The molecule has 2 aromatic heterocycles. The van der Waals surface area contributed by atoms with Crippen molar-refractivity contribution in [2.45, 2.75) is 51.2 Å². The number of hydrogen-bond donors (Lipinski definition) is 1. The van der Waals surface area contributed by atoms with Crippen molar-refractivity contribution in [2.24, 2.45) is 0 Å². The predicted molar refractivity (Wildman–Crippen MR) is 150 cm³/mol. The number of benzene rings is 2. The third kappa shape index (κ3) is 6.33. The second-order valence-electron chi connectivity index (χ2n) is 10.5. The van der Waals surface area contributed by atoms with Crippen LogP contribution in [0.2, 0.25) is 5.02 Å².